The lowest BCUT2D eigenvalue weighted by molar-refractivity contribution is 0.427. The predicted molar refractivity (Wildman–Crippen MR) is 81.9 cm³/mol. The number of aromatic nitrogens is 1. The largest absolute Gasteiger partial charge is 0.355 e. The van der Waals surface area contributed by atoms with E-state index >= 15 is 0 Å². The first-order valence-electron chi connectivity index (χ1n) is 7.03. The molecule has 0 unspecified atom stereocenters. The van der Waals surface area contributed by atoms with Crippen molar-refractivity contribution in [2.45, 2.75) is 49.8 Å². The topological polar surface area (TPSA) is 72.2 Å². The van der Waals surface area contributed by atoms with Crippen LogP contribution < -0.4 is 4.72 Å². The molecule has 1 N–H and O–H groups in total. The second-order valence-electron chi connectivity index (χ2n) is 5.44. The number of rotatable bonds is 4. The molecule has 2 heterocycles. The van der Waals surface area contributed by atoms with Crippen LogP contribution >= 0.6 is 11.3 Å². The van der Waals surface area contributed by atoms with Crippen LogP contribution in [-0.4, -0.2) is 19.6 Å². The molecule has 0 atom stereocenters. The minimum absolute atomic E-state index is 0.0785. The van der Waals surface area contributed by atoms with Gasteiger partial charge >= 0.3 is 0 Å². The summed E-state index contributed by atoms with van der Waals surface area (Å²) in [5.74, 6) is 0.653. The summed E-state index contributed by atoms with van der Waals surface area (Å²) in [6.45, 7) is 3.79. The van der Waals surface area contributed by atoms with Crippen LogP contribution in [0.1, 0.15) is 36.9 Å². The molecule has 1 fully saturated rings. The standard InChI is InChI=1S/C14H18N2O3S2/c1-9-10(2)15-19-14(9)12-7-8-13(20-12)21(17,18)16-11-5-3-4-6-11/h7-8,11,16H,3-6H2,1-2H3. The van der Waals surface area contributed by atoms with Gasteiger partial charge in [-0.2, -0.15) is 0 Å². The number of sulfonamides is 1. The molecule has 1 aliphatic carbocycles. The van der Waals surface area contributed by atoms with Crippen LogP contribution in [0.5, 0.6) is 0 Å². The summed E-state index contributed by atoms with van der Waals surface area (Å²) in [6, 6.07) is 3.49. The van der Waals surface area contributed by atoms with Gasteiger partial charge in [0.25, 0.3) is 0 Å². The number of thiophene rings is 1. The van der Waals surface area contributed by atoms with Crippen molar-refractivity contribution in [3.63, 3.8) is 0 Å². The fourth-order valence-electron chi connectivity index (χ4n) is 2.55. The molecule has 0 amide bonds. The Labute approximate surface area is 128 Å². The Morgan fingerprint density at radius 1 is 1.29 bits per heavy atom. The summed E-state index contributed by atoms with van der Waals surface area (Å²) >= 11 is 1.22. The van der Waals surface area contributed by atoms with E-state index in [0.29, 0.717) is 9.97 Å². The minimum atomic E-state index is -3.43. The summed E-state index contributed by atoms with van der Waals surface area (Å²) in [5, 5.41) is 3.91. The molecule has 0 spiro atoms. The first-order valence-corrected chi connectivity index (χ1v) is 9.33. The molecule has 0 aliphatic heterocycles. The van der Waals surface area contributed by atoms with Crippen LogP contribution in [0.15, 0.2) is 20.9 Å². The second kappa shape index (κ2) is 5.55. The van der Waals surface area contributed by atoms with Gasteiger partial charge in [0.05, 0.1) is 10.6 Å². The number of nitrogens with one attached hydrogen (secondary N) is 1. The molecule has 114 valence electrons. The predicted octanol–water partition coefficient (Wildman–Crippen LogP) is 3.24. The van der Waals surface area contributed by atoms with E-state index < -0.39 is 10.0 Å². The van der Waals surface area contributed by atoms with Crippen LogP contribution in [0.2, 0.25) is 0 Å². The Morgan fingerprint density at radius 2 is 2.00 bits per heavy atom. The highest BCUT2D eigenvalue weighted by atomic mass is 32.2. The molecule has 21 heavy (non-hydrogen) atoms. The Kier molecular flexibility index (Phi) is 3.90. The van der Waals surface area contributed by atoms with Gasteiger partial charge in [0.15, 0.2) is 5.76 Å². The maximum atomic E-state index is 12.4. The van der Waals surface area contributed by atoms with Crippen LogP contribution in [-0.2, 0) is 10.0 Å². The second-order valence-corrected chi connectivity index (χ2v) is 8.47. The van der Waals surface area contributed by atoms with Crippen molar-refractivity contribution in [3.8, 4) is 10.6 Å². The average Bonchev–Trinajstić information content (AvgIpc) is 3.13. The molecule has 1 aliphatic rings. The van der Waals surface area contributed by atoms with Gasteiger partial charge in [-0.25, -0.2) is 13.1 Å². The van der Waals surface area contributed by atoms with Gasteiger partial charge in [0.1, 0.15) is 4.21 Å². The van der Waals surface area contributed by atoms with Crippen molar-refractivity contribution in [2.75, 3.05) is 0 Å². The van der Waals surface area contributed by atoms with E-state index in [1.54, 1.807) is 12.1 Å². The van der Waals surface area contributed by atoms with Gasteiger partial charge in [0, 0.05) is 11.6 Å². The molecule has 0 radical (unpaired) electrons. The zero-order valence-electron chi connectivity index (χ0n) is 12.0. The monoisotopic (exact) mass is 326 g/mol. The SMILES string of the molecule is Cc1noc(-c2ccc(S(=O)(=O)NC3CCCC3)s2)c1C. The third kappa shape index (κ3) is 2.90. The number of hydrogen-bond donors (Lipinski definition) is 1. The summed E-state index contributed by atoms with van der Waals surface area (Å²) in [7, 11) is -3.43. The van der Waals surface area contributed by atoms with E-state index in [-0.39, 0.29) is 6.04 Å². The molecule has 2 aromatic heterocycles. The fraction of sp³-hybridized carbons (Fsp3) is 0.500. The van der Waals surface area contributed by atoms with E-state index in [0.717, 1.165) is 41.8 Å². The van der Waals surface area contributed by atoms with Crippen molar-refractivity contribution >= 4 is 21.4 Å². The van der Waals surface area contributed by atoms with Gasteiger partial charge in [-0.05, 0) is 38.8 Å². The Hall–Kier alpha value is -1.18. The van der Waals surface area contributed by atoms with Gasteiger partial charge in [-0.3, -0.25) is 0 Å². The van der Waals surface area contributed by atoms with E-state index in [1.807, 2.05) is 13.8 Å². The Balaban J connectivity index is 1.85. The first kappa shape index (κ1) is 14.7. The van der Waals surface area contributed by atoms with Crippen molar-refractivity contribution in [1.29, 1.82) is 0 Å². The van der Waals surface area contributed by atoms with E-state index in [4.69, 9.17) is 4.52 Å². The Morgan fingerprint density at radius 3 is 2.62 bits per heavy atom. The third-order valence-electron chi connectivity index (χ3n) is 3.90. The average molecular weight is 326 g/mol. The summed E-state index contributed by atoms with van der Waals surface area (Å²) < 4.78 is 33.2. The zero-order chi connectivity index (χ0) is 15.0. The molecule has 2 aromatic rings. The molecular formula is C14H18N2O3S2. The smallest absolute Gasteiger partial charge is 0.250 e. The fourth-order valence-corrected chi connectivity index (χ4v) is 5.22. The lowest BCUT2D eigenvalue weighted by Gasteiger charge is -2.10. The van der Waals surface area contributed by atoms with Crippen molar-refractivity contribution in [2.24, 2.45) is 0 Å². The molecular weight excluding hydrogens is 308 g/mol. The highest BCUT2D eigenvalue weighted by molar-refractivity contribution is 7.91. The van der Waals surface area contributed by atoms with E-state index in [9.17, 15) is 8.42 Å². The molecule has 7 heteroatoms. The van der Waals surface area contributed by atoms with Gasteiger partial charge in [-0.1, -0.05) is 18.0 Å². The van der Waals surface area contributed by atoms with E-state index in [1.165, 1.54) is 11.3 Å². The third-order valence-corrected chi connectivity index (χ3v) is 7.00. The molecule has 1 saturated carbocycles. The summed E-state index contributed by atoms with van der Waals surface area (Å²) in [4.78, 5) is 0.792. The van der Waals surface area contributed by atoms with Crippen LogP contribution in [0.3, 0.4) is 0 Å². The molecule has 0 aromatic carbocycles. The van der Waals surface area contributed by atoms with Crippen LogP contribution in [0.25, 0.3) is 10.6 Å². The normalized spacial score (nSPS) is 16.7. The number of nitrogens with zero attached hydrogens (tertiary/aromatic N) is 1. The van der Waals surface area contributed by atoms with Crippen LogP contribution in [0.4, 0.5) is 0 Å². The molecule has 0 bridgehead atoms. The van der Waals surface area contributed by atoms with Gasteiger partial charge in [0.2, 0.25) is 10.0 Å². The van der Waals surface area contributed by atoms with Gasteiger partial charge < -0.3 is 4.52 Å². The van der Waals surface area contributed by atoms with Crippen LogP contribution in [0, 0.1) is 13.8 Å². The molecule has 3 rings (SSSR count). The Bertz CT molecular complexity index is 740. The summed E-state index contributed by atoms with van der Waals surface area (Å²) in [5.41, 5.74) is 1.77. The van der Waals surface area contributed by atoms with Gasteiger partial charge in [-0.15, -0.1) is 11.3 Å². The van der Waals surface area contributed by atoms with Crippen molar-refractivity contribution in [3.05, 3.63) is 23.4 Å². The zero-order valence-corrected chi connectivity index (χ0v) is 13.7. The maximum Gasteiger partial charge on any atom is 0.250 e. The first-order chi connectivity index (χ1) is 9.97. The maximum absolute atomic E-state index is 12.4. The highest BCUT2D eigenvalue weighted by Crippen LogP contribution is 2.34. The minimum Gasteiger partial charge on any atom is -0.355 e. The van der Waals surface area contributed by atoms with E-state index in [2.05, 4.69) is 9.88 Å². The molecule has 0 saturated heterocycles. The lowest BCUT2D eigenvalue weighted by Crippen LogP contribution is -2.32. The van der Waals surface area contributed by atoms with Crippen molar-refractivity contribution in [1.82, 2.24) is 9.88 Å². The lowest BCUT2D eigenvalue weighted by atomic mass is 10.2. The van der Waals surface area contributed by atoms with Crippen molar-refractivity contribution < 1.29 is 12.9 Å². The number of aryl methyl sites for hydroxylation is 1. The molecule has 5 nitrogen and oxygen atoms in total. The quantitative estimate of drug-likeness (QED) is 0.936. The number of hydrogen-bond acceptors (Lipinski definition) is 5. The summed E-state index contributed by atoms with van der Waals surface area (Å²) in [6.07, 6.45) is 4.05. The highest BCUT2D eigenvalue weighted by Gasteiger charge is 2.25.